The number of benzene rings is 2. The van der Waals surface area contributed by atoms with E-state index in [9.17, 15) is 9.59 Å². The number of hydrogen-bond acceptors (Lipinski definition) is 4. The lowest BCUT2D eigenvalue weighted by Crippen LogP contribution is -2.59. The largest absolute Gasteiger partial charge is 0.497 e. The van der Waals surface area contributed by atoms with Crippen LogP contribution in [0.5, 0.6) is 5.75 Å². The molecule has 1 saturated carbocycles. The van der Waals surface area contributed by atoms with Gasteiger partial charge in [0.25, 0.3) is 0 Å². The van der Waals surface area contributed by atoms with Crippen molar-refractivity contribution >= 4 is 22.7 Å². The van der Waals surface area contributed by atoms with Gasteiger partial charge < -0.3 is 20.4 Å². The minimum atomic E-state index is -1.18. The second-order valence-corrected chi connectivity index (χ2v) is 11.0. The lowest BCUT2D eigenvalue weighted by atomic mass is 9.81. The maximum absolute atomic E-state index is 14.2. The van der Waals surface area contributed by atoms with Crippen molar-refractivity contribution in [2.24, 2.45) is 5.92 Å². The molecular weight excluding hydrogens is 500 g/mol. The van der Waals surface area contributed by atoms with Crippen molar-refractivity contribution in [2.45, 2.75) is 63.5 Å². The molecule has 2 amide bonds. The smallest absolute Gasteiger partial charge is 0.246 e. The highest BCUT2D eigenvalue weighted by Crippen LogP contribution is 2.34. The van der Waals surface area contributed by atoms with E-state index in [1.165, 1.54) is 6.42 Å². The number of nitrogens with zero attached hydrogens (tertiary/aromatic N) is 1. The van der Waals surface area contributed by atoms with Crippen molar-refractivity contribution in [3.8, 4) is 5.75 Å². The second-order valence-electron chi connectivity index (χ2n) is 11.0. The van der Waals surface area contributed by atoms with Crippen LogP contribution in [0.4, 0.5) is 0 Å². The molecule has 0 saturated heterocycles. The first-order valence-corrected chi connectivity index (χ1v) is 14.2. The molecule has 0 bridgehead atoms. The van der Waals surface area contributed by atoms with E-state index in [1.54, 1.807) is 13.3 Å². The number of nitrogens with one attached hydrogen (secondary N) is 3. The summed E-state index contributed by atoms with van der Waals surface area (Å²) in [5.41, 5.74) is 2.50. The van der Waals surface area contributed by atoms with E-state index in [2.05, 4.69) is 20.6 Å². The topological polar surface area (TPSA) is 96.1 Å². The number of carbonyl (C=O) groups excluding carboxylic acids is 2. The molecule has 0 radical (unpaired) electrons. The number of carbonyl (C=O) groups is 2. The van der Waals surface area contributed by atoms with Gasteiger partial charge >= 0.3 is 0 Å². The van der Waals surface area contributed by atoms with Crippen molar-refractivity contribution in [2.75, 3.05) is 7.11 Å². The van der Waals surface area contributed by atoms with E-state index >= 15 is 0 Å². The van der Waals surface area contributed by atoms with Gasteiger partial charge in [0.15, 0.2) is 0 Å². The monoisotopic (exact) mass is 538 g/mol. The Bertz CT molecular complexity index is 1430. The van der Waals surface area contributed by atoms with Gasteiger partial charge in [-0.05, 0) is 67.1 Å². The Balaban J connectivity index is 1.42. The number of para-hydroxylation sites is 1. The molecule has 2 heterocycles. The highest BCUT2D eigenvalue weighted by molar-refractivity contribution is 5.93. The minimum Gasteiger partial charge on any atom is -0.497 e. The number of pyridine rings is 1. The number of rotatable bonds is 10. The molecule has 2 atom stereocenters. The predicted octanol–water partition coefficient (Wildman–Crippen LogP) is 5.67. The van der Waals surface area contributed by atoms with E-state index < -0.39 is 5.54 Å². The standard InChI is InChI=1S/C33H38N4O3/c1-33(21-25-22-35-28-13-7-6-12-27(25)28,37-30(38)20-23-15-17-26(40-2)18-16-23)32(39)36-31(24-10-4-3-5-11-24)29-14-8-9-19-34-29/h6-9,12-19,22,24,31,35H,3-5,10-11,20-21H2,1-2H3,(H,36,39)(H,37,38)/t31?,33-/m0/s1. The van der Waals surface area contributed by atoms with Gasteiger partial charge in [0.05, 0.1) is 25.3 Å². The summed E-state index contributed by atoms with van der Waals surface area (Å²) in [6.45, 7) is 1.83. The fraction of sp³-hybridized carbons (Fsp3) is 0.364. The molecule has 3 N–H and O–H groups in total. The van der Waals surface area contributed by atoms with E-state index in [-0.39, 0.29) is 24.3 Å². The van der Waals surface area contributed by atoms with Crippen LogP contribution in [0, 0.1) is 5.92 Å². The summed E-state index contributed by atoms with van der Waals surface area (Å²) in [5.74, 6) is 0.618. The molecular formula is C33H38N4O3. The first kappa shape index (κ1) is 27.4. The van der Waals surface area contributed by atoms with Crippen molar-refractivity contribution in [3.63, 3.8) is 0 Å². The average molecular weight is 539 g/mol. The Labute approximate surface area is 235 Å². The van der Waals surface area contributed by atoms with Crippen molar-refractivity contribution < 1.29 is 14.3 Å². The summed E-state index contributed by atoms with van der Waals surface area (Å²) in [6.07, 6.45) is 9.82. The Morgan fingerprint density at radius 2 is 1.77 bits per heavy atom. The highest BCUT2D eigenvalue weighted by atomic mass is 16.5. The Hall–Kier alpha value is -4.13. The van der Waals surface area contributed by atoms with Gasteiger partial charge in [-0.15, -0.1) is 0 Å². The third-order valence-corrected chi connectivity index (χ3v) is 8.07. The maximum atomic E-state index is 14.2. The molecule has 40 heavy (non-hydrogen) atoms. The maximum Gasteiger partial charge on any atom is 0.246 e. The van der Waals surface area contributed by atoms with Gasteiger partial charge in [-0.1, -0.05) is 55.7 Å². The van der Waals surface area contributed by atoms with Crippen molar-refractivity contribution in [1.82, 2.24) is 20.6 Å². The van der Waals surface area contributed by atoms with Crippen molar-refractivity contribution in [3.05, 3.63) is 95.9 Å². The predicted molar refractivity (Wildman–Crippen MR) is 157 cm³/mol. The van der Waals surface area contributed by atoms with Crippen LogP contribution in [0.25, 0.3) is 10.9 Å². The van der Waals surface area contributed by atoms with Crippen LogP contribution in [0.1, 0.15) is 61.9 Å². The molecule has 208 valence electrons. The van der Waals surface area contributed by atoms with E-state index in [0.29, 0.717) is 12.3 Å². The van der Waals surface area contributed by atoms with Crippen molar-refractivity contribution in [1.29, 1.82) is 0 Å². The van der Waals surface area contributed by atoms with Gasteiger partial charge in [-0.2, -0.15) is 0 Å². The summed E-state index contributed by atoms with van der Waals surface area (Å²) in [6, 6.07) is 21.1. The van der Waals surface area contributed by atoms with Gasteiger partial charge in [0.2, 0.25) is 11.8 Å². The fourth-order valence-corrected chi connectivity index (χ4v) is 5.88. The normalized spacial score (nSPS) is 16.1. The molecule has 1 aliphatic rings. The molecule has 0 aliphatic heterocycles. The van der Waals surface area contributed by atoms with Gasteiger partial charge in [0.1, 0.15) is 11.3 Å². The number of H-pyrrole nitrogens is 1. The zero-order valence-electron chi connectivity index (χ0n) is 23.3. The number of amides is 2. The Morgan fingerprint density at radius 3 is 2.50 bits per heavy atom. The zero-order valence-corrected chi connectivity index (χ0v) is 23.3. The van der Waals surface area contributed by atoms with Crippen LogP contribution in [0.15, 0.2) is 79.1 Å². The summed E-state index contributed by atoms with van der Waals surface area (Å²) in [7, 11) is 1.61. The van der Waals surface area contributed by atoms with Crippen LogP contribution < -0.4 is 15.4 Å². The molecule has 2 aromatic carbocycles. The Kier molecular flexibility index (Phi) is 8.48. The average Bonchev–Trinajstić information content (AvgIpc) is 3.39. The number of aromatic amines is 1. The lowest BCUT2D eigenvalue weighted by Gasteiger charge is -2.35. The lowest BCUT2D eigenvalue weighted by molar-refractivity contribution is -0.133. The van der Waals surface area contributed by atoms with Gasteiger partial charge in [0, 0.05) is 29.7 Å². The third-order valence-electron chi connectivity index (χ3n) is 8.07. The summed E-state index contributed by atoms with van der Waals surface area (Å²) in [4.78, 5) is 35.6. The number of aromatic nitrogens is 2. The summed E-state index contributed by atoms with van der Waals surface area (Å²) in [5, 5.41) is 7.50. The number of hydrogen-bond donors (Lipinski definition) is 3. The van der Waals surface area contributed by atoms with Crippen LogP contribution >= 0.6 is 0 Å². The van der Waals surface area contributed by atoms with Crippen LogP contribution in [-0.4, -0.2) is 34.4 Å². The highest BCUT2D eigenvalue weighted by Gasteiger charge is 2.39. The number of fused-ring (bicyclic) bond motifs is 1. The molecule has 4 aromatic rings. The molecule has 0 spiro atoms. The summed E-state index contributed by atoms with van der Waals surface area (Å²) < 4.78 is 5.24. The van der Waals surface area contributed by atoms with Gasteiger partial charge in [-0.25, -0.2) is 0 Å². The summed E-state index contributed by atoms with van der Waals surface area (Å²) >= 11 is 0. The van der Waals surface area contributed by atoms with E-state index in [4.69, 9.17) is 4.74 Å². The third kappa shape index (κ3) is 6.36. The molecule has 7 nitrogen and oxygen atoms in total. The Morgan fingerprint density at radius 1 is 1.02 bits per heavy atom. The minimum absolute atomic E-state index is 0.160. The first-order valence-electron chi connectivity index (χ1n) is 14.2. The molecule has 5 rings (SSSR count). The van der Waals surface area contributed by atoms with Crippen LogP contribution in [0.2, 0.25) is 0 Å². The zero-order chi connectivity index (χ0) is 28.0. The van der Waals surface area contributed by atoms with Crippen LogP contribution in [0.3, 0.4) is 0 Å². The number of ether oxygens (including phenoxy) is 1. The van der Waals surface area contributed by atoms with E-state index in [1.807, 2.05) is 79.9 Å². The van der Waals surface area contributed by atoms with Crippen LogP contribution in [-0.2, 0) is 22.4 Å². The molecule has 7 heteroatoms. The quantitative estimate of drug-likeness (QED) is 0.242. The first-order chi connectivity index (χ1) is 19.4. The number of methoxy groups -OCH3 is 1. The van der Waals surface area contributed by atoms with Gasteiger partial charge in [-0.3, -0.25) is 14.6 Å². The molecule has 1 unspecified atom stereocenters. The molecule has 1 aliphatic carbocycles. The SMILES string of the molecule is COc1ccc(CC(=O)N[C@@](C)(Cc2c[nH]c3ccccc23)C(=O)NC(c2ccccn2)C2CCCCC2)cc1. The van der Waals surface area contributed by atoms with E-state index in [0.717, 1.165) is 59.2 Å². The fourth-order valence-electron chi connectivity index (χ4n) is 5.88. The second kappa shape index (κ2) is 12.4. The molecule has 1 fully saturated rings. The molecule has 2 aromatic heterocycles.